The number of halogens is 2. The summed E-state index contributed by atoms with van der Waals surface area (Å²) in [5, 5.41) is 0. The fourth-order valence-electron chi connectivity index (χ4n) is 2.03. The number of fused-ring (bicyclic) bond motifs is 1. The summed E-state index contributed by atoms with van der Waals surface area (Å²) in [7, 11) is 0. The zero-order chi connectivity index (χ0) is 12.5. The molecule has 2 aromatic rings. The molecule has 0 spiro atoms. The quantitative estimate of drug-likeness (QED) is 0.731. The number of ether oxygens (including phenoxy) is 1. The Hall–Kier alpha value is -1.00. The molecule has 0 aliphatic carbocycles. The van der Waals surface area contributed by atoms with Gasteiger partial charge in [-0.3, -0.25) is 0 Å². The third kappa shape index (κ3) is 2.40. The summed E-state index contributed by atoms with van der Waals surface area (Å²) in [6.45, 7) is 1.46. The van der Waals surface area contributed by atoms with E-state index in [1.54, 1.807) is 0 Å². The van der Waals surface area contributed by atoms with Gasteiger partial charge in [-0.2, -0.15) is 0 Å². The summed E-state index contributed by atoms with van der Waals surface area (Å²) < 4.78 is 7.94. The molecule has 0 unspecified atom stereocenters. The van der Waals surface area contributed by atoms with E-state index in [1.165, 1.54) is 11.3 Å². The Morgan fingerprint density at radius 3 is 2.44 bits per heavy atom. The molecule has 92 valence electrons. The van der Waals surface area contributed by atoms with Crippen molar-refractivity contribution in [2.24, 2.45) is 0 Å². The highest BCUT2D eigenvalue weighted by atomic mass is 79.9. The van der Waals surface area contributed by atoms with Crippen LogP contribution in [-0.2, 0) is 6.54 Å². The van der Waals surface area contributed by atoms with Gasteiger partial charge < -0.3 is 9.64 Å². The Kier molecular flexibility index (Phi) is 3.31. The lowest BCUT2D eigenvalue weighted by atomic mass is 10.1. The van der Waals surface area contributed by atoms with Crippen molar-refractivity contribution in [1.29, 1.82) is 0 Å². The first-order valence-corrected chi connectivity index (χ1v) is 7.23. The van der Waals surface area contributed by atoms with E-state index in [0.29, 0.717) is 6.73 Å². The van der Waals surface area contributed by atoms with Crippen LogP contribution >= 0.6 is 31.9 Å². The highest BCUT2D eigenvalue weighted by Gasteiger charge is 2.17. The van der Waals surface area contributed by atoms with Gasteiger partial charge in [0.15, 0.2) is 6.73 Å². The molecule has 0 aromatic heterocycles. The van der Waals surface area contributed by atoms with Gasteiger partial charge in [0.25, 0.3) is 0 Å². The maximum Gasteiger partial charge on any atom is 0.161 e. The van der Waals surface area contributed by atoms with Crippen molar-refractivity contribution < 1.29 is 4.74 Å². The Morgan fingerprint density at radius 1 is 0.944 bits per heavy atom. The second-order valence-electron chi connectivity index (χ2n) is 4.20. The molecular weight excluding hydrogens is 358 g/mol. The molecule has 2 aromatic carbocycles. The van der Waals surface area contributed by atoms with Crippen molar-refractivity contribution in [3.8, 4) is 5.75 Å². The van der Waals surface area contributed by atoms with Crippen LogP contribution in [0.15, 0.2) is 51.4 Å². The number of benzene rings is 2. The Labute approximate surface area is 123 Å². The normalized spacial score (nSPS) is 14.0. The van der Waals surface area contributed by atoms with E-state index in [9.17, 15) is 0 Å². The lowest BCUT2D eigenvalue weighted by Crippen LogP contribution is -2.31. The highest BCUT2D eigenvalue weighted by Crippen LogP contribution is 2.30. The molecule has 0 N–H and O–H groups in total. The van der Waals surface area contributed by atoms with Crippen LogP contribution in [-0.4, -0.2) is 6.73 Å². The van der Waals surface area contributed by atoms with E-state index < -0.39 is 0 Å². The van der Waals surface area contributed by atoms with Crippen LogP contribution in [0.5, 0.6) is 5.75 Å². The van der Waals surface area contributed by atoms with E-state index in [4.69, 9.17) is 4.74 Å². The maximum absolute atomic E-state index is 5.77. The lowest BCUT2D eigenvalue weighted by Gasteiger charge is -2.30. The number of anilines is 1. The average molecular weight is 369 g/mol. The van der Waals surface area contributed by atoms with Crippen LogP contribution in [0, 0.1) is 0 Å². The second kappa shape index (κ2) is 4.94. The average Bonchev–Trinajstić information content (AvgIpc) is 2.38. The molecule has 0 bridgehead atoms. The molecule has 18 heavy (non-hydrogen) atoms. The maximum atomic E-state index is 5.77. The fourth-order valence-corrected chi connectivity index (χ4v) is 2.70. The van der Waals surface area contributed by atoms with Crippen LogP contribution in [0.3, 0.4) is 0 Å². The Bertz CT molecular complexity index is 569. The van der Waals surface area contributed by atoms with Crippen LogP contribution in [0.1, 0.15) is 5.56 Å². The van der Waals surface area contributed by atoms with E-state index in [2.05, 4.69) is 55.0 Å². The van der Waals surface area contributed by atoms with Crippen molar-refractivity contribution >= 4 is 37.5 Å². The minimum absolute atomic E-state index is 0.594. The SMILES string of the molecule is Brc1ccc(N2COc3ccc(Br)cc3C2)cc1. The van der Waals surface area contributed by atoms with Crippen molar-refractivity contribution in [1.82, 2.24) is 0 Å². The molecule has 0 amide bonds. The summed E-state index contributed by atoms with van der Waals surface area (Å²) in [6, 6.07) is 14.4. The molecule has 0 saturated carbocycles. The predicted octanol–water partition coefficient (Wildman–Crippen LogP) is 4.57. The van der Waals surface area contributed by atoms with Gasteiger partial charge >= 0.3 is 0 Å². The zero-order valence-electron chi connectivity index (χ0n) is 9.57. The standard InChI is InChI=1S/C14H11Br2NO/c15-11-1-4-13(5-2-11)17-8-10-7-12(16)3-6-14(10)18-9-17/h1-7H,8-9H2. The van der Waals surface area contributed by atoms with Gasteiger partial charge in [-0.15, -0.1) is 0 Å². The van der Waals surface area contributed by atoms with Crippen molar-refractivity contribution in [2.75, 3.05) is 11.6 Å². The molecule has 1 aliphatic heterocycles. The topological polar surface area (TPSA) is 12.5 Å². The van der Waals surface area contributed by atoms with E-state index in [1.807, 2.05) is 24.3 Å². The number of nitrogens with zero attached hydrogens (tertiary/aromatic N) is 1. The first-order valence-electron chi connectivity index (χ1n) is 5.64. The van der Waals surface area contributed by atoms with Gasteiger partial charge in [0, 0.05) is 26.7 Å². The van der Waals surface area contributed by atoms with E-state index >= 15 is 0 Å². The monoisotopic (exact) mass is 367 g/mol. The Balaban J connectivity index is 1.88. The first kappa shape index (κ1) is 12.1. The summed E-state index contributed by atoms with van der Waals surface area (Å²) in [4.78, 5) is 2.21. The molecule has 1 aliphatic rings. The molecule has 0 radical (unpaired) electrons. The second-order valence-corrected chi connectivity index (χ2v) is 6.03. The lowest BCUT2D eigenvalue weighted by molar-refractivity contribution is 0.289. The molecule has 0 saturated heterocycles. The molecule has 0 fully saturated rings. The smallest absolute Gasteiger partial charge is 0.161 e. The molecule has 1 heterocycles. The summed E-state index contributed by atoms with van der Waals surface area (Å²) >= 11 is 6.94. The van der Waals surface area contributed by atoms with Crippen molar-refractivity contribution in [2.45, 2.75) is 6.54 Å². The third-order valence-electron chi connectivity index (χ3n) is 2.95. The molecule has 4 heteroatoms. The molecular formula is C14H11Br2NO. The summed E-state index contributed by atoms with van der Waals surface area (Å²) in [5.74, 6) is 0.978. The van der Waals surface area contributed by atoms with Crippen LogP contribution < -0.4 is 9.64 Å². The minimum atomic E-state index is 0.594. The molecule has 3 rings (SSSR count). The summed E-state index contributed by atoms with van der Waals surface area (Å²) in [6.07, 6.45) is 0. The third-order valence-corrected chi connectivity index (χ3v) is 3.97. The van der Waals surface area contributed by atoms with Crippen molar-refractivity contribution in [3.63, 3.8) is 0 Å². The van der Waals surface area contributed by atoms with E-state index in [0.717, 1.165) is 21.2 Å². The largest absolute Gasteiger partial charge is 0.473 e. The molecule has 0 atom stereocenters. The van der Waals surface area contributed by atoms with E-state index in [-0.39, 0.29) is 0 Å². The van der Waals surface area contributed by atoms with Crippen LogP contribution in [0.2, 0.25) is 0 Å². The van der Waals surface area contributed by atoms with Gasteiger partial charge in [0.1, 0.15) is 5.75 Å². The highest BCUT2D eigenvalue weighted by molar-refractivity contribution is 9.10. The van der Waals surface area contributed by atoms with Crippen molar-refractivity contribution in [3.05, 3.63) is 57.0 Å². The first-order chi connectivity index (χ1) is 8.72. The summed E-state index contributed by atoms with van der Waals surface area (Å²) in [5.41, 5.74) is 2.38. The van der Waals surface area contributed by atoms with Crippen LogP contribution in [0.25, 0.3) is 0 Å². The zero-order valence-corrected chi connectivity index (χ0v) is 12.7. The van der Waals surface area contributed by atoms with Gasteiger partial charge in [-0.1, -0.05) is 31.9 Å². The number of hydrogen-bond donors (Lipinski definition) is 0. The predicted molar refractivity (Wildman–Crippen MR) is 80.0 cm³/mol. The fraction of sp³-hybridized carbons (Fsp3) is 0.143. The number of rotatable bonds is 1. The number of hydrogen-bond acceptors (Lipinski definition) is 2. The van der Waals surface area contributed by atoms with Gasteiger partial charge in [-0.05, 0) is 42.5 Å². The Morgan fingerprint density at radius 2 is 1.67 bits per heavy atom. The molecule has 2 nitrogen and oxygen atoms in total. The van der Waals surface area contributed by atoms with Gasteiger partial charge in [-0.25, -0.2) is 0 Å². The van der Waals surface area contributed by atoms with Gasteiger partial charge in [0.2, 0.25) is 0 Å². The van der Waals surface area contributed by atoms with Gasteiger partial charge in [0.05, 0.1) is 0 Å². The minimum Gasteiger partial charge on any atom is -0.473 e. The van der Waals surface area contributed by atoms with Crippen LogP contribution in [0.4, 0.5) is 5.69 Å².